The molecule has 1 fully saturated rings. The van der Waals surface area contributed by atoms with Crippen LogP contribution in [0.15, 0.2) is 12.1 Å². The Balaban J connectivity index is 2.02. The molecule has 0 aliphatic heterocycles. The number of hydrogen-bond acceptors (Lipinski definition) is 2. The molecule has 1 nitrogen and oxygen atoms in total. The van der Waals surface area contributed by atoms with Crippen molar-refractivity contribution in [3.8, 4) is 0 Å². The maximum Gasteiger partial charge on any atom is 0.163 e. The standard InChI is InChI=1S/C16H23F2NS/c1-11-8-9-13(16(18)15(11)17)14(19-2)10-20-12-6-4-3-5-7-12/h8-9,12,14,19H,3-7,10H2,1-2H3. The van der Waals surface area contributed by atoms with E-state index in [0.717, 1.165) is 5.75 Å². The number of benzene rings is 1. The molecule has 0 heterocycles. The molecule has 0 amide bonds. The topological polar surface area (TPSA) is 12.0 Å². The first-order chi connectivity index (χ1) is 9.63. The molecule has 2 rings (SSSR count). The molecule has 1 aromatic rings. The molecule has 1 N–H and O–H groups in total. The van der Waals surface area contributed by atoms with E-state index in [-0.39, 0.29) is 6.04 Å². The van der Waals surface area contributed by atoms with Crippen LogP contribution in [0.2, 0.25) is 0 Å². The van der Waals surface area contributed by atoms with Crippen LogP contribution in [0.1, 0.15) is 49.3 Å². The number of rotatable bonds is 5. The van der Waals surface area contributed by atoms with Gasteiger partial charge in [-0.3, -0.25) is 0 Å². The van der Waals surface area contributed by atoms with Crippen LogP contribution in [-0.2, 0) is 0 Å². The number of halogens is 2. The zero-order valence-corrected chi connectivity index (χ0v) is 13.0. The molecule has 0 bridgehead atoms. The second-order valence-electron chi connectivity index (χ2n) is 5.53. The van der Waals surface area contributed by atoms with E-state index in [1.165, 1.54) is 32.1 Å². The monoisotopic (exact) mass is 299 g/mol. The minimum absolute atomic E-state index is 0.128. The summed E-state index contributed by atoms with van der Waals surface area (Å²) >= 11 is 1.89. The Morgan fingerprint density at radius 2 is 1.90 bits per heavy atom. The summed E-state index contributed by atoms with van der Waals surface area (Å²) in [6.45, 7) is 1.59. The fraction of sp³-hybridized carbons (Fsp3) is 0.625. The van der Waals surface area contributed by atoms with Gasteiger partial charge >= 0.3 is 0 Å². The average Bonchev–Trinajstić information content (AvgIpc) is 2.48. The van der Waals surface area contributed by atoms with E-state index in [1.54, 1.807) is 19.1 Å². The Morgan fingerprint density at radius 1 is 1.20 bits per heavy atom. The third kappa shape index (κ3) is 3.73. The fourth-order valence-corrected chi connectivity index (χ4v) is 4.20. The van der Waals surface area contributed by atoms with E-state index in [9.17, 15) is 8.78 Å². The van der Waals surface area contributed by atoms with Gasteiger partial charge in [0, 0.05) is 22.6 Å². The summed E-state index contributed by atoms with van der Waals surface area (Å²) in [5, 5.41) is 3.80. The molecular weight excluding hydrogens is 276 g/mol. The van der Waals surface area contributed by atoms with Crippen LogP contribution in [0.3, 0.4) is 0 Å². The molecule has 0 spiro atoms. The molecule has 1 unspecified atom stereocenters. The molecule has 4 heteroatoms. The van der Waals surface area contributed by atoms with Gasteiger partial charge in [-0.05, 0) is 32.4 Å². The lowest BCUT2D eigenvalue weighted by Crippen LogP contribution is -2.22. The third-order valence-corrected chi connectivity index (χ3v) is 5.55. The van der Waals surface area contributed by atoms with Crippen molar-refractivity contribution in [2.75, 3.05) is 12.8 Å². The normalized spacial score (nSPS) is 18.2. The van der Waals surface area contributed by atoms with Crippen molar-refractivity contribution in [1.82, 2.24) is 5.32 Å². The highest BCUT2D eigenvalue weighted by molar-refractivity contribution is 7.99. The van der Waals surface area contributed by atoms with Crippen molar-refractivity contribution < 1.29 is 8.78 Å². The Labute approximate surface area is 124 Å². The fourth-order valence-electron chi connectivity index (χ4n) is 2.72. The van der Waals surface area contributed by atoms with Gasteiger partial charge in [0.1, 0.15) is 0 Å². The Bertz CT molecular complexity index is 444. The number of nitrogens with one attached hydrogen (secondary N) is 1. The molecule has 1 saturated carbocycles. The smallest absolute Gasteiger partial charge is 0.163 e. The highest BCUT2D eigenvalue weighted by Crippen LogP contribution is 2.32. The first kappa shape index (κ1) is 15.8. The molecule has 0 radical (unpaired) electrons. The lowest BCUT2D eigenvalue weighted by Gasteiger charge is -2.24. The van der Waals surface area contributed by atoms with Gasteiger partial charge in [-0.25, -0.2) is 8.78 Å². The zero-order valence-electron chi connectivity index (χ0n) is 12.2. The van der Waals surface area contributed by atoms with Crippen molar-refractivity contribution in [2.45, 2.75) is 50.3 Å². The van der Waals surface area contributed by atoms with E-state index in [1.807, 2.05) is 18.8 Å². The number of aryl methyl sites for hydroxylation is 1. The lowest BCUT2D eigenvalue weighted by molar-refractivity contribution is 0.478. The van der Waals surface area contributed by atoms with E-state index in [4.69, 9.17) is 0 Å². The Morgan fingerprint density at radius 3 is 2.55 bits per heavy atom. The van der Waals surface area contributed by atoms with Crippen LogP contribution in [0.5, 0.6) is 0 Å². The summed E-state index contributed by atoms with van der Waals surface area (Å²) in [7, 11) is 1.81. The SMILES string of the molecule is CNC(CSC1CCCCC1)c1ccc(C)c(F)c1F. The predicted molar refractivity (Wildman–Crippen MR) is 82.2 cm³/mol. The second-order valence-corrected chi connectivity index (χ2v) is 6.87. The minimum atomic E-state index is -0.717. The van der Waals surface area contributed by atoms with Crippen molar-refractivity contribution >= 4 is 11.8 Å². The highest BCUT2D eigenvalue weighted by Gasteiger charge is 2.21. The van der Waals surface area contributed by atoms with Crippen molar-refractivity contribution in [2.24, 2.45) is 0 Å². The van der Waals surface area contributed by atoms with Gasteiger partial charge in [-0.2, -0.15) is 11.8 Å². The van der Waals surface area contributed by atoms with Crippen molar-refractivity contribution in [3.63, 3.8) is 0 Å². The highest BCUT2D eigenvalue weighted by atomic mass is 32.2. The summed E-state index contributed by atoms with van der Waals surface area (Å²) in [5.74, 6) is -0.625. The van der Waals surface area contributed by atoms with Crippen LogP contribution >= 0.6 is 11.8 Å². The van der Waals surface area contributed by atoms with Crippen LogP contribution in [0.4, 0.5) is 8.78 Å². The van der Waals surface area contributed by atoms with Crippen LogP contribution < -0.4 is 5.32 Å². The van der Waals surface area contributed by atoms with Crippen molar-refractivity contribution in [3.05, 3.63) is 34.9 Å². The predicted octanol–water partition coefficient (Wildman–Crippen LogP) is 4.60. The zero-order chi connectivity index (χ0) is 14.5. The average molecular weight is 299 g/mol. The second kappa shape index (κ2) is 7.41. The van der Waals surface area contributed by atoms with Gasteiger partial charge < -0.3 is 5.32 Å². The molecule has 1 aliphatic carbocycles. The number of hydrogen-bond donors (Lipinski definition) is 1. The quantitative estimate of drug-likeness (QED) is 0.853. The Hall–Kier alpha value is -0.610. The summed E-state index contributed by atoms with van der Waals surface area (Å²) in [6.07, 6.45) is 6.45. The largest absolute Gasteiger partial charge is 0.312 e. The number of thioether (sulfide) groups is 1. The molecule has 112 valence electrons. The summed E-state index contributed by atoms with van der Waals surface area (Å²) < 4.78 is 27.7. The lowest BCUT2D eigenvalue weighted by atomic mass is 10.0. The van der Waals surface area contributed by atoms with E-state index in [0.29, 0.717) is 16.4 Å². The van der Waals surface area contributed by atoms with Gasteiger partial charge in [-0.1, -0.05) is 31.4 Å². The van der Waals surface area contributed by atoms with Gasteiger partial charge in [0.25, 0.3) is 0 Å². The Kier molecular flexibility index (Phi) is 5.85. The first-order valence-corrected chi connectivity index (χ1v) is 8.41. The summed E-state index contributed by atoms with van der Waals surface area (Å²) in [5.41, 5.74) is 0.806. The summed E-state index contributed by atoms with van der Waals surface area (Å²) in [6, 6.07) is 3.23. The van der Waals surface area contributed by atoms with Crippen LogP contribution in [-0.4, -0.2) is 18.1 Å². The molecule has 0 saturated heterocycles. The maximum atomic E-state index is 14.0. The molecule has 1 aliphatic rings. The van der Waals surface area contributed by atoms with E-state index >= 15 is 0 Å². The first-order valence-electron chi connectivity index (χ1n) is 7.37. The maximum absolute atomic E-state index is 14.0. The van der Waals surface area contributed by atoms with E-state index in [2.05, 4.69) is 5.32 Å². The third-order valence-electron chi connectivity index (χ3n) is 4.08. The molecule has 0 aromatic heterocycles. The van der Waals surface area contributed by atoms with Crippen LogP contribution in [0, 0.1) is 18.6 Å². The molecular formula is C16H23F2NS. The van der Waals surface area contributed by atoms with Crippen molar-refractivity contribution in [1.29, 1.82) is 0 Å². The van der Waals surface area contributed by atoms with Crippen LogP contribution in [0.25, 0.3) is 0 Å². The van der Waals surface area contributed by atoms with Gasteiger partial charge in [0.05, 0.1) is 0 Å². The van der Waals surface area contributed by atoms with Gasteiger partial charge in [0.15, 0.2) is 11.6 Å². The minimum Gasteiger partial charge on any atom is -0.312 e. The molecule has 20 heavy (non-hydrogen) atoms. The van der Waals surface area contributed by atoms with Gasteiger partial charge in [-0.15, -0.1) is 0 Å². The molecule has 1 atom stereocenters. The summed E-state index contributed by atoms with van der Waals surface area (Å²) in [4.78, 5) is 0. The van der Waals surface area contributed by atoms with E-state index < -0.39 is 11.6 Å². The molecule has 1 aromatic carbocycles. The van der Waals surface area contributed by atoms with Gasteiger partial charge in [0.2, 0.25) is 0 Å².